The molecule has 164 valence electrons. The summed E-state index contributed by atoms with van der Waals surface area (Å²) in [7, 11) is 0. The highest BCUT2D eigenvalue weighted by Gasteiger charge is 2.10. The molecule has 3 nitrogen and oxygen atoms in total. The largest absolute Gasteiger partial charge is 0.494 e. The Morgan fingerprint density at radius 2 is 1.45 bits per heavy atom. The number of rotatable bonds is 12. The smallest absolute Gasteiger partial charge is 0.343 e. The molecule has 1 heterocycles. The van der Waals surface area contributed by atoms with E-state index >= 15 is 0 Å². The van der Waals surface area contributed by atoms with Gasteiger partial charge >= 0.3 is 5.97 Å². The van der Waals surface area contributed by atoms with Crippen molar-refractivity contribution in [2.24, 2.45) is 0 Å². The van der Waals surface area contributed by atoms with Crippen LogP contribution in [0, 0.1) is 0 Å². The van der Waals surface area contributed by atoms with Gasteiger partial charge in [0, 0.05) is 9.75 Å². The maximum absolute atomic E-state index is 12.4. The van der Waals surface area contributed by atoms with Gasteiger partial charge in [-0.3, -0.25) is 0 Å². The van der Waals surface area contributed by atoms with Crippen LogP contribution in [0.15, 0.2) is 60.7 Å². The van der Waals surface area contributed by atoms with E-state index in [-0.39, 0.29) is 5.97 Å². The van der Waals surface area contributed by atoms with Crippen LogP contribution in [0.2, 0.25) is 0 Å². The zero-order valence-corrected chi connectivity index (χ0v) is 19.4. The normalized spacial score (nSPS) is 10.8. The summed E-state index contributed by atoms with van der Waals surface area (Å²) in [5, 5.41) is 0. The molecule has 0 fully saturated rings. The fourth-order valence-corrected chi connectivity index (χ4v) is 4.51. The predicted molar refractivity (Wildman–Crippen MR) is 129 cm³/mol. The van der Waals surface area contributed by atoms with Gasteiger partial charge in [-0.2, -0.15) is 0 Å². The SMILES string of the molecule is CCCCCCCCc1ccc(-c2ccc(C(=O)Oc3ccc(OCC)cc3)cc2)s1. The third-order valence-electron chi connectivity index (χ3n) is 5.19. The van der Waals surface area contributed by atoms with E-state index in [1.54, 1.807) is 24.3 Å². The number of hydrogen-bond donors (Lipinski definition) is 0. The number of carbonyl (C=O) groups is 1. The van der Waals surface area contributed by atoms with Gasteiger partial charge in [0.1, 0.15) is 11.5 Å². The first-order valence-corrected chi connectivity index (χ1v) is 12.2. The lowest BCUT2D eigenvalue weighted by Crippen LogP contribution is -2.08. The maximum atomic E-state index is 12.4. The lowest BCUT2D eigenvalue weighted by atomic mass is 10.1. The second kappa shape index (κ2) is 12.3. The Kier molecular flexibility index (Phi) is 9.16. The van der Waals surface area contributed by atoms with Crippen molar-refractivity contribution in [2.45, 2.75) is 58.8 Å². The second-order valence-corrected chi connectivity index (χ2v) is 8.82. The average Bonchev–Trinajstić information content (AvgIpc) is 3.27. The van der Waals surface area contributed by atoms with E-state index in [9.17, 15) is 4.79 Å². The van der Waals surface area contributed by atoms with Crippen LogP contribution in [0.3, 0.4) is 0 Å². The first kappa shape index (κ1) is 23.1. The van der Waals surface area contributed by atoms with Gasteiger partial charge in [-0.05, 0) is 73.9 Å². The van der Waals surface area contributed by atoms with Gasteiger partial charge in [-0.25, -0.2) is 4.79 Å². The highest BCUT2D eigenvalue weighted by Crippen LogP contribution is 2.29. The molecule has 0 amide bonds. The van der Waals surface area contributed by atoms with E-state index in [0.717, 1.165) is 17.7 Å². The molecule has 0 atom stereocenters. The summed E-state index contributed by atoms with van der Waals surface area (Å²) in [5.41, 5.74) is 1.68. The molecule has 0 aliphatic heterocycles. The highest BCUT2D eigenvalue weighted by molar-refractivity contribution is 7.15. The molecule has 0 saturated carbocycles. The molecule has 0 spiro atoms. The lowest BCUT2D eigenvalue weighted by molar-refractivity contribution is 0.0734. The molecule has 0 saturated heterocycles. The van der Waals surface area contributed by atoms with Crippen molar-refractivity contribution < 1.29 is 14.3 Å². The van der Waals surface area contributed by atoms with Crippen molar-refractivity contribution >= 4 is 17.3 Å². The fraction of sp³-hybridized carbons (Fsp3) is 0.370. The zero-order valence-electron chi connectivity index (χ0n) is 18.6. The second-order valence-electron chi connectivity index (χ2n) is 7.66. The molecule has 31 heavy (non-hydrogen) atoms. The molecule has 3 rings (SSSR count). The molecule has 0 bridgehead atoms. The standard InChI is InChI=1S/C27H32O3S/c1-3-5-6-7-8-9-10-25-19-20-26(31-25)21-11-13-22(14-12-21)27(28)30-24-17-15-23(16-18-24)29-4-2/h11-20H,3-10H2,1-2H3. The minimum atomic E-state index is -0.356. The molecule has 0 aliphatic rings. The highest BCUT2D eigenvalue weighted by atomic mass is 32.1. The first-order chi connectivity index (χ1) is 15.2. The van der Waals surface area contributed by atoms with Crippen molar-refractivity contribution in [2.75, 3.05) is 6.61 Å². The number of carbonyl (C=O) groups excluding carboxylic acids is 1. The average molecular weight is 437 g/mol. The van der Waals surface area contributed by atoms with Gasteiger partial charge in [0.05, 0.1) is 12.2 Å². The third kappa shape index (κ3) is 7.25. The van der Waals surface area contributed by atoms with Gasteiger partial charge in [-0.1, -0.05) is 51.2 Å². The van der Waals surface area contributed by atoms with Crippen LogP contribution in [0.4, 0.5) is 0 Å². The Morgan fingerprint density at radius 1 is 0.774 bits per heavy atom. The molecular formula is C27H32O3S. The molecule has 2 aromatic carbocycles. The number of thiophene rings is 1. The summed E-state index contributed by atoms with van der Waals surface area (Å²) in [6, 6.07) is 19.2. The first-order valence-electron chi connectivity index (χ1n) is 11.3. The van der Waals surface area contributed by atoms with E-state index in [1.807, 2.05) is 42.5 Å². The van der Waals surface area contributed by atoms with Crippen LogP contribution in [-0.4, -0.2) is 12.6 Å². The summed E-state index contributed by atoms with van der Waals surface area (Å²) in [4.78, 5) is 15.1. The van der Waals surface area contributed by atoms with Crippen molar-refractivity contribution in [1.82, 2.24) is 0 Å². The topological polar surface area (TPSA) is 35.5 Å². The maximum Gasteiger partial charge on any atom is 0.343 e. The Balaban J connectivity index is 1.51. The molecule has 4 heteroatoms. The summed E-state index contributed by atoms with van der Waals surface area (Å²) in [6.45, 7) is 4.80. The Labute approximate surface area is 190 Å². The van der Waals surface area contributed by atoms with Crippen LogP contribution in [-0.2, 0) is 6.42 Å². The molecule has 3 aromatic rings. The van der Waals surface area contributed by atoms with Gasteiger partial charge < -0.3 is 9.47 Å². The van der Waals surface area contributed by atoms with Crippen LogP contribution >= 0.6 is 11.3 Å². The van der Waals surface area contributed by atoms with Crippen LogP contribution < -0.4 is 9.47 Å². The van der Waals surface area contributed by atoms with E-state index in [2.05, 4.69) is 19.1 Å². The van der Waals surface area contributed by atoms with E-state index in [4.69, 9.17) is 9.47 Å². The molecule has 0 aliphatic carbocycles. The minimum Gasteiger partial charge on any atom is -0.494 e. The number of esters is 1. The number of aryl methyl sites for hydroxylation is 1. The minimum absolute atomic E-state index is 0.356. The number of unbranched alkanes of at least 4 members (excludes halogenated alkanes) is 5. The van der Waals surface area contributed by atoms with Crippen LogP contribution in [0.1, 0.15) is 67.6 Å². The Bertz CT molecular complexity index is 926. The molecule has 1 aromatic heterocycles. The molecule has 0 radical (unpaired) electrons. The van der Waals surface area contributed by atoms with Gasteiger partial charge in [0.25, 0.3) is 0 Å². The summed E-state index contributed by atoms with van der Waals surface area (Å²) in [6.07, 6.45) is 9.10. The van der Waals surface area contributed by atoms with Crippen molar-refractivity contribution in [3.05, 3.63) is 71.1 Å². The number of hydrogen-bond acceptors (Lipinski definition) is 4. The van der Waals surface area contributed by atoms with Gasteiger partial charge in [0.2, 0.25) is 0 Å². The summed E-state index contributed by atoms with van der Waals surface area (Å²) in [5.74, 6) is 0.916. The van der Waals surface area contributed by atoms with E-state index < -0.39 is 0 Å². The van der Waals surface area contributed by atoms with Crippen molar-refractivity contribution in [3.8, 4) is 21.9 Å². The van der Waals surface area contributed by atoms with E-state index in [1.165, 1.54) is 48.3 Å². The Morgan fingerprint density at radius 3 is 2.16 bits per heavy atom. The van der Waals surface area contributed by atoms with Gasteiger partial charge in [0.15, 0.2) is 0 Å². The van der Waals surface area contributed by atoms with Gasteiger partial charge in [-0.15, -0.1) is 11.3 Å². The Hall–Kier alpha value is -2.59. The van der Waals surface area contributed by atoms with E-state index in [0.29, 0.717) is 17.9 Å². The predicted octanol–water partition coefficient (Wildman–Crippen LogP) is 7.94. The monoisotopic (exact) mass is 436 g/mol. The molecule has 0 unspecified atom stereocenters. The number of ether oxygens (including phenoxy) is 2. The fourth-order valence-electron chi connectivity index (χ4n) is 3.45. The third-order valence-corrected chi connectivity index (χ3v) is 6.38. The quantitative estimate of drug-likeness (QED) is 0.164. The van der Waals surface area contributed by atoms with Crippen LogP contribution in [0.25, 0.3) is 10.4 Å². The van der Waals surface area contributed by atoms with Crippen molar-refractivity contribution in [1.29, 1.82) is 0 Å². The lowest BCUT2D eigenvalue weighted by Gasteiger charge is -2.07. The van der Waals surface area contributed by atoms with Crippen molar-refractivity contribution in [3.63, 3.8) is 0 Å². The summed E-state index contributed by atoms with van der Waals surface area (Å²) >= 11 is 1.85. The zero-order chi connectivity index (χ0) is 21.9. The summed E-state index contributed by atoms with van der Waals surface area (Å²) < 4.78 is 10.9. The van der Waals surface area contributed by atoms with Crippen LogP contribution in [0.5, 0.6) is 11.5 Å². The molecule has 0 N–H and O–H groups in total. The number of benzene rings is 2. The molecular weight excluding hydrogens is 404 g/mol.